The number of unbranched alkanes of at least 4 members (excludes halogenated alkanes) is 1. The number of piperidine rings is 1. The second kappa shape index (κ2) is 8.36. The molecule has 1 unspecified atom stereocenters. The SMILES string of the molecule is CCCCNc1ccc(C2CCCCN2C(=O)OC(C)(C)C)cn1. The summed E-state index contributed by atoms with van der Waals surface area (Å²) in [6.07, 6.45) is 7.08. The number of hydrogen-bond acceptors (Lipinski definition) is 4. The third-order valence-electron chi connectivity index (χ3n) is 4.14. The van der Waals surface area contributed by atoms with Crippen LogP contribution in [0.4, 0.5) is 10.6 Å². The van der Waals surface area contributed by atoms with E-state index in [0.29, 0.717) is 0 Å². The summed E-state index contributed by atoms with van der Waals surface area (Å²) in [4.78, 5) is 18.9. The van der Waals surface area contributed by atoms with E-state index in [4.69, 9.17) is 4.74 Å². The molecule has 1 amide bonds. The topological polar surface area (TPSA) is 54.5 Å². The quantitative estimate of drug-likeness (QED) is 0.790. The zero-order chi connectivity index (χ0) is 17.6. The molecule has 1 atom stereocenters. The highest BCUT2D eigenvalue weighted by Crippen LogP contribution is 2.32. The lowest BCUT2D eigenvalue weighted by Crippen LogP contribution is -2.41. The molecule has 5 heteroatoms. The van der Waals surface area contributed by atoms with Crippen LogP contribution >= 0.6 is 0 Å². The Bertz CT molecular complexity index is 522. The fourth-order valence-corrected chi connectivity index (χ4v) is 2.92. The van der Waals surface area contributed by atoms with Crippen LogP contribution in [0.2, 0.25) is 0 Å². The Balaban J connectivity index is 2.05. The summed E-state index contributed by atoms with van der Waals surface area (Å²) in [6.45, 7) is 9.57. The van der Waals surface area contributed by atoms with Crippen LogP contribution in [0.15, 0.2) is 18.3 Å². The molecule has 1 aromatic rings. The van der Waals surface area contributed by atoms with E-state index in [1.807, 2.05) is 37.9 Å². The third kappa shape index (κ3) is 5.39. The first kappa shape index (κ1) is 18.6. The minimum absolute atomic E-state index is 0.0609. The van der Waals surface area contributed by atoms with Gasteiger partial charge in [-0.25, -0.2) is 9.78 Å². The lowest BCUT2D eigenvalue weighted by molar-refractivity contribution is 0.00948. The van der Waals surface area contributed by atoms with Gasteiger partial charge in [0.05, 0.1) is 6.04 Å². The highest BCUT2D eigenvalue weighted by Gasteiger charge is 2.31. The van der Waals surface area contributed by atoms with E-state index in [-0.39, 0.29) is 12.1 Å². The van der Waals surface area contributed by atoms with Crippen LogP contribution in [0, 0.1) is 0 Å². The summed E-state index contributed by atoms with van der Waals surface area (Å²) in [5.41, 5.74) is 0.617. The van der Waals surface area contributed by atoms with Gasteiger partial charge in [-0.3, -0.25) is 0 Å². The highest BCUT2D eigenvalue weighted by atomic mass is 16.6. The average molecular weight is 333 g/mol. The van der Waals surface area contributed by atoms with Gasteiger partial charge in [0, 0.05) is 19.3 Å². The first-order valence-corrected chi connectivity index (χ1v) is 9.10. The molecular weight excluding hydrogens is 302 g/mol. The summed E-state index contributed by atoms with van der Waals surface area (Å²) in [6, 6.07) is 4.15. The van der Waals surface area contributed by atoms with Crippen LogP contribution in [-0.2, 0) is 4.74 Å². The number of nitrogens with zero attached hydrogens (tertiary/aromatic N) is 2. The first-order chi connectivity index (χ1) is 11.4. The summed E-state index contributed by atoms with van der Waals surface area (Å²) >= 11 is 0. The molecular formula is C19H31N3O2. The smallest absolute Gasteiger partial charge is 0.410 e. The van der Waals surface area contributed by atoms with Gasteiger partial charge in [0.25, 0.3) is 0 Å². The van der Waals surface area contributed by atoms with Crippen molar-refractivity contribution in [1.82, 2.24) is 9.88 Å². The molecule has 0 aromatic carbocycles. The predicted molar refractivity (Wildman–Crippen MR) is 97.2 cm³/mol. The number of amides is 1. The van der Waals surface area contributed by atoms with E-state index in [1.54, 1.807) is 0 Å². The fourth-order valence-electron chi connectivity index (χ4n) is 2.92. The largest absolute Gasteiger partial charge is 0.444 e. The second-order valence-corrected chi connectivity index (χ2v) is 7.44. The Kier molecular flexibility index (Phi) is 6.46. The van der Waals surface area contributed by atoms with E-state index in [0.717, 1.165) is 56.6 Å². The molecule has 2 rings (SSSR count). The number of rotatable bonds is 5. The molecule has 1 saturated heterocycles. The van der Waals surface area contributed by atoms with Gasteiger partial charge in [-0.2, -0.15) is 0 Å². The molecule has 0 bridgehead atoms. The molecule has 1 fully saturated rings. The number of aromatic nitrogens is 1. The second-order valence-electron chi connectivity index (χ2n) is 7.44. The number of nitrogens with one attached hydrogen (secondary N) is 1. The van der Waals surface area contributed by atoms with Crippen molar-refractivity contribution in [2.75, 3.05) is 18.4 Å². The molecule has 1 aliphatic rings. The number of anilines is 1. The van der Waals surface area contributed by atoms with Crippen molar-refractivity contribution in [2.24, 2.45) is 0 Å². The molecule has 0 saturated carbocycles. The van der Waals surface area contributed by atoms with Crippen molar-refractivity contribution in [3.05, 3.63) is 23.9 Å². The Morgan fingerprint density at radius 3 is 2.79 bits per heavy atom. The van der Waals surface area contributed by atoms with Crippen LogP contribution in [0.3, 0.4) is 0 Å². The summed E-state index contributed by atoms with van der Waals surface area (Å²) in [7, 11) is 0. The Hall–Kier alpha value is -1.78. The molecule has 0 aliphatic carbocycles. The van der Waals surface area contributed by atoms with Crippen molar-refractivity contribution in [1.29, 1.82) is 0 Å². The maximum atomic E-state index is 12.5. The van der Waals surface area contributed by atoms with Crippen LogP contribution in [0.5, 0.6) is 0 Å². The number of hydrogen-bond donors (Lipinski definition) is 1. The summed E-state index contributed by atoms with van der Waals surface area (Å²) < 4.78 is 5.57. The number of ether oxygens (including phenoxy) is 1. The van der Waals surface area contributed by atoms with Crippen molar-refractivity contribution in [3.8, 4) is 0 Å². The minimum atomic E-state index is -0.468. The molecule has 134 valence electrons. The van der Waals surface area contributed by atoms with Crippen molar-refractivity contribution < 1.29 is 9.53 Å². The molecule has 0 spiro atoms. The average Bonchev–Trinajstić information content (AvgIpc) is 2.54. The van der Waals surface area contributed by atoms with E-state index in [2.05, 4.69) is 23.3 Å². The third-order valence-corrected chi connectivity index (χ3v) is 4.14. The van der Waals surface area contributed by atoms with Gasteiger partial charge in [-0.1, -0.05) is 19.4 Å². The minimum Gasteiger partial charge on any atom is -0.444 e. The number of pyridine rings is 1. The standard InChI is InChI=1S/C19H31N3O2/c1-5-6-12-20-17-11-10-15(14-21-17)16-9-7-8-13-22(16)18(23)24-19(2,3)4/h10-11,14,16H,5-9,12-13H2,1-4H3,(H,20,21). The maximum absolute atomic E-state index is 12.5. The number of carbonyl (C=O) groups is 1. The maximum Gasteiger partial charge on any atom is 0.410 e. The van der Waals surface area contributed by atoms with E-state index in [1.165, 1.54) is 0 Å². The van der Waals surface area contributed by atoms with E-state index >= 15 is 0 Å². The van der Waals surface area contributed by atoms with E-state index in [9.17, 15) is 4.79 Å². The van der Waals surface area contributed by atoms with Gasteiger partial charge in [0.1, 0.15) is 11.4 Å². The summed E-state index contributed by atoms with van der Waals surface area (Å²) in [5, 5.41) is 3.32. The number of carbonyl (C=O) groups excluding carboxylic acids is 1. The Labute approximate surface area is 145 Å². The van der Waals surface area contributed by atoms with Crippen molar-refractivity contribution in [3.63, 3.8) is 0 Å². The summed E-state index contributed by atoms with van der Waals surface area (Å²) in [5.74, 6) is 0.895. The van der Waals surface area contributed by atoms with Crippen LogP contribution in [-0.4, -0.2) is 34.7 Å². The van der Waals surface area contributed by atoms with Crippen molar-refractivity contribution >= 4 is 11.9 Å². The fraction of sp³-hybridized carbons (Fsp3) is 0.684. The molecule has 2 heterocycles. The Morgan fingerprint density at radius 1 is 1.38 bits per heavy atom. The van der Waals surface area contributed by atoms with Crippen LogP contribution < -0.4 is 5.32 Å². The van der Waals surface area contributed by atoms with Gasteiger partial charge in [0.15, 0.2) is 0 Å². The van der Waals surface area contributed by atoms with Gasteiger partial charge in [-0.15, -0.1) is 0 Å². The zero-order valence-corrected chi connectivity index (χ0v) is 15.5. The molecule has 0 radical (unpaired) electrons. The molecule has 24 heavy (non-hydrogen) atoms. The molecule has 1 N–H and O–H groups in total. The molecule has 5 nitrogen and oxygen atoms in total. The van der Waals surface area contributed by atoms with Crippen molar-refractivity contribution in [2.45, 2.75) is 71.4 Å². The molecule has 1 aliphatic heterocycles. The number of likely N-dealkylation sites (tertiary alicyclic amines) is 1. The van der Waals surface area contributed by atoms with Gasteiger partial charge in [0.2, 0.25) is 0 Å². The Morgan fingerprint density at radius 2 is 2.17 bits per heavy atom. The van der Waals surface area contributed by atoms with Crippen LogP contribution in [0.25, 0.3) is 0 Å². The van der Waals surface area contributed by atoms with Gasteiger partial charge >= 0.3 is 6.09 Å². The lowest BCUT2D eigenvalue weighted by Gasteiger charge is -2.36. The molecule has 1 aromatic heterocycles. The monoisotopic (exact) mass is 333 g/mol. The van der Waals surface area contributed by atoms with Gasteiger partial charge in [-0.05, 0) is 58.1 Å². The lowest BCUT2D eigenvalue weighted by atomic mass is 9.97. The normalized spacial score (nSPS) is 18.3. The van der Waals surface area contributed by atoms with E-state index < -0.39 is 5.60 Å². The predicted octanol–water partition coefficient (Wildman–Crippen LogP) is 4.76. The van der Waals surface area contributed by atoms with Crippen LogP contribution in [0.1, 0.15) is 71.4 Å². The zero-order valence-electron chi connectivity index (χ0n) is 15.5. The van der Waals surface area contributed by atoms with Gasteiger partial charge < -0.3 is 15.0 Å². The highest BCUT2D eigenvalue weighted by molar-refractivity contribution is 5.69. The first-order valence-electron chi connectivity index (χ1n) is 9.10.